The summed E-state index contributed by atoms with van der Waals surface area (Å²) in [6.45, 7) is 4.48. The molecular weight excluding hydrogens is 369 g/mol. The van der Waals surface area contributed by atoms with E-state index in [1.165, 1.54) is 0 Å². The van der Waals surface area contributed by atoms with Crippen molar-refractivity contribution >= 4 is 11.7 Å². The van der Waals surface area contributed by atoms with Crippen LogP contribution in [-0.4, -0.2) is 15.8 Å². The Kier molecular flexibility index (Phi) is 5.67. The fraction of sp³-hybridized carbons (Fsp3) is 0.200. The van der Waals surface area contributed by atoms with Crippen LogP contribution in [0.1, 0.15) is 22.5 Å². The third-order valence-corrected chi connectivity index (χ3v) is 4.42. The Labute approximate surface area is 160 Å². The number of urea groups is 1. The molecule has 1 heterocycles. The molecule has 1 aromatic heterocycles. The van der Waals surface area contributed by atoms with E-state index in [0.29, 0.717) is 6.54 Å². The molecule has 0 unspecified atom stereocenters. The maximum atomic E-state index is 13.7. The number of halogens is 3. The molecule has 28 heavy (non-hydrogen) atoms. The molecule has 0 bridgehead atoms. The van der Waals surface area contributed by atoms with Gasteiger partial charge < -0.3 is 10.6 Å². The highest BCUT2D eigenvalue weighted by atomic mass is 19.2. The predicted octanol–water partition coefficient (Wildman–Crippen LogP) is 4.29. The lowest BCUT2D eigenvalue weighted by Crippen LogP contribution is -2.29. The highest BCUT2D eigenvalue weighted by molar-refractivity contribution is 5.89. The fourth-order valence-electron chi connectivity index (χ4n) is 2.86. The molecule has 2 aromatic carbocycles. The number of benzene rings is 2. The molecule has 146 valence electrons. The largest absolute Gasteiger partial charge is 0.334 e. The summed E-state index contributed by atoms with van der Waals surface area (Å²) in [5.41, 5.74) is 3.13. The van der Waals surface area contributed by atoms with Crippen LogP contribution in [0.5, 0.6) is 0 Å². The average Bonchev–Trinajstić information content (AvgIpc) is 2.94. The number of nitrogens with one attached hydrogen (secondary N) is 2. The number of carbonyl (C=O) groups excluding carboxylic acids is 1. The maximum Gasteiger partial charge on any atom is 0.319 e. The number of amides is 2. The molecule has 8 heteroatoms. The van der Waals surface area contributed by atoms with Gasteiger partial charge >= 0.3 is 6.03 Å². The first kappa shape index (κ1) is 19.5. The van der Waals surface area contributed by atoms with Gasteiger partial charge in [-0.15, -0.1) is 0 Å². The van der Waals surface area contributed by atoms with Crippen LogP contribution in [0.4, 0.5) is 23.7 Å². The predicted molar refractivity (Wildman–Crippen MR) is 99.4 cm³/mol. The average molecular weight is 388 g/mol. The van der Waals surface area contributed by atoms with E-state index in [9.17, 15) is 18.0 Å². The first-order valence-corrected chi connectivity index (χ1v) is 8.62. The number of aromatic nitrogens is 2. The standard InChI is InChI=1S/C20H19F3N4O/c1-12-15(13(2)27(26-12)11-14-6-4-3-5-7-14)10-24-20(28)25-17-9-8-16(21)18(22)19(17)23/h3-9H,10-11H2,1-2H3,(H2,24,25,28). The molecule has 5 nitrogen and oxygen atoms in total. The first-order valence-electron chi connectivity index (χ1n) is 8.62. The molecule has 2 amide bonds. The number of hydrogen-bond donors (Lipinski definition) is 2. The Bertz CT molecular complexity index is 1000. The van der Waals surface area contributed by atoms with Gasteiger partial charge in [0.1, 0.15) is 0 Å². The summed E-state index contributed by atoms with van der Waals surface area (Å²) in [7, 11) is 0. The Morgan fingerprint density at radius 1 is 1.04 bits per heavy atom. The minimum Gasteiger partial charge on any atom is -0.334 e. The van der Waals surface area contributed by atoms with E-state index in [1.54, 1.807) is 0 Å². The van der Waals surface area contributed by atoms with E-state index >= 15 is 0 Å². The number of nitrogens with zero attached hydrogens (tertiary/aromatic N) is 2. The molecule has 3 aromatic rings. The molecule has 0 aliphatic heterocycles. The fourth-order valence-corrected chi connectivity index (χ4v) is 2.86. The van der Waals surface area contributed by atoms with E-state index in [1.807, 2.05) is 48.9 Å². The molecule has 2 N–H and O–H groups in total. The lowest BCUT2D eigenvalue weighted by molar-refractivity contribution is 0.251. The van der Waals surface area contributed by atoms with Crippen molar-refractivity contribution in [2.24, 2.45) is 0 Å². The second-order valence-electron chi connectivity index (χ2n) is 6.32. The molecule has 0 saturated carbocycles. The van der Waals surface area contributed by atoms with Gasteiger partial charge in [-0.25, -0.2) is 18.0 Å². The summed E-state index contributed by atoms with van der Waals surface area (Å²) >= 11 is 0. The van der Waals surface area contributed by atoms with Crippen molar-refractivity contribution in [3.05, 3.63) is 82.4 Å². The van der Waals surface area contributed by atoms with Gasteiger partial charge in [0.2, 0.25) is 0 Å². The van der Waals surface area contributed by atoms with Crippen LogP contribution in [0.3, 0.4) is 0 Å². The van der Waals surface area contributed by atoms with Crippen LogP contribution in [0.25, 0.3) is 0 Å². The van der Waals surface area contributed by atoms with Crippen molar-refractivity contribution in [2.75, 3.05) is 5.32 Å². The third-order valence-electron chi connectivity index (χ3n) is 4.42. The Morgan fingerprint density at radius 2 is 1.75 bits per heavy atom. The van der Waals surface area contributed by atoms with Gasteiger partial charge in [0.25, 0.3) is 0 Å². The van der Waals surface area contributed by atoms with Crippen LogP contribution in [0.15, 0.2) is 42.5 Å². The summed E-state index contributed by atoms with van der Waals surface area (Å²) in [6.07, 6.45) is 0. The molecule has 0 fully saturated rings. The van der Waals surface area contributed by atoms with E-state index in [2.05, 4.69) is 15.7 Å². The van der Waals surface area contributed by atoms with Crippen molar-refractivity contribution in [2.45, 2.75) is 26.9 Å². The van der Waals surface area contributed by atoms with Crippen LogP contribution in [0.2, 0.25) is 0 Å². The number of rotatable bonds is 5. The van der Waals surface area contributed by atoms with Crippen molar-refractivity contribution in [1.82, 2.24) is 15.1 Å². The highest BCUT2D eigenvalue weighted by Crippen LogP contribution is 2.20. The van der Waals surface area contributed by atoms with E-state index < -0.39 is 29.2 Å². The summed E-state index contributed by atoms with van der Waals surface area (Å²) in [5, 5.41) is 9.25. The minimum absolute atomic E-state index is 0.156. The Balaban J connectivity index is 1.66. The smallest absolute Gasteiger partial charge is 0.319 e. The zero-order valence-electron chi connectivity index (χ0n) is 15.4. The number of aryl methyl sites for hydroxylation is 1. The Hall–Kier alpha value is -3.29. The van der Waals surface area contributed by atoms with E-state index in [-0.39, 0.29) is 6.54 Å². The van der Waals surface area contributed by atoms with E-state index in [4.69, 9.17) is 0 Å². The molecule has 3 rings (SSSR count). The third kappa shape index (κ3) is 4.16. The first-order chi connectivity index (χ1) is 13.4. The molecule has 0 aliphatic carbocycles. The highest BCUT2D eigenvalue weighted by Gasteiger charge is 2.16. The Morgan fingerprint density at radius 3 is 2.46 bits per heavy atom. The lowest BCUT2D eigenvalue weighted by Gasteiger charge is -2.10. The molecule has 0 atom stereocenters. The number of carbonyl (C=O) groups is 1. The van der Waals surface area contributed by atoms with Gasteiger partial charge in [0, 0.05) is 17.8 Å². The molecule has 0 radical (unpaired) electrons. The van der Waals surface area contributed by atoms with E-state index in [0.717, 1.165) is 34.6 Å². The summed E-state index contributed by atoms with van der Waals surface area (Å²) in [6, 6.07) is 10.8. The number of hydrogen-bond acceptors (Lipinski definition) is 2. The molecule has 0 spiro atoms. The summed E-state index contributed by atoms with van der Waals surface area (Å²) < 4.78 is 41.7. The van der Waals surface area contributed by atoms with Crippen LogP contribution in [-0.2, 0) is 13.1 Å². The van der Waals surface area contributed by atoms with Crippen molar-refractivity contribution in [3.63, 3.8) is 0 Å². The normalized spacial score (nSPS) is 10.8. The zero-order chi connectivity index (χ0) is 20.3. The molecular formula is C20H19F3N4O. The van der Waals surface area contributed by atoms with Crippen molar-refractivity contribution < 1.29 is 18.0 Å². The maximum absolute atomic E-state index is 13.7. The van der Waals surface area contributed by atoms with Crippen molar-refractivity contribution in [3.8, 4) is 0 Å². The van der Waals surface area contributed by atoms with Crippen molar-refractivity contribution in [1.29, 1.82) is 0 Å². The van der Waals surface area contributed by atoms with Gasteiger partial charge in [-0.1, -0.05) is 30.3 Å². The monoisotopic (exact) mass is 388 g/mol. The second kappa shape index (κ2) is 8.16. The SMILES string of the molecule is Cc1nn(Cc2ccccc2)c(C)c1CNC(=O)Nc1ccc(F)c(F)c1F. The second-order valence-corrected chi connectivity index (χ2v) is 6.32. The van der Waals surface area contributed by atoms with Gasteiger partial charge in [-0.2, -0.15) is 5.10 Å². The van der Waals surface area contributed by atoms with Gasteiger partial charge in [-0.05, 0) is 31.5 Å². The van der Waals surface area contributed by atoms with Gasteiger partial charge in [-0.3, -0.25) is 4.68 Å². The topological polar surface area (TPSA) is 59.0 Å². The molecule has 0 aliphatic rings. The lowest BCUT2D eigenvalue weighted by atomic mass is 10.2. The van der Waals surface area contributed by atoms with Crippen LogP contribution in [0, 0.1) is 31.3 Å². The summed E-state index contributed by atoms with van der Waals surface area (Å²) in [5.74, 6) is -4.40. The molecule has 0 saturated heterocycles. The number of anilines is 1. The quantitative estimate of drug-likeness (QED) is 0.641. The van der Waals surface area contributed by atoms with Crippen LogP contribution < -0.4 is 10.6 Å². The van der Waals surface area contributed by atoms with Gasteiger partial charge in [0.15, 0.2) is 17.5 Å². The minimum atomic E-state index is -1.63. The zero-order valence-corrected chi connectivity index (χ0v) is 15.4. The van der Waals surface area contributed by atoms with Crippen LogP contribution >= 0.6 is 0 Å². The van der Waals surface area contributed by atoms with Gasteiger partial charge in [0.05, 0.1) is 17.9 Å². The summed E-state index contributed by atoms with van der Waals surface area (Å²) in [4.78, 5) is 12.0.